The number of carbonyl (C=O) groups is 1. The van der Waals surface area contributed by atoms with Crippen LogP contribution in [0.3, 0.4) is 0 Å². The van der Waals surface area contributed by atoms with Crippen LogP contribution in [0, 0.1) is 0 Å². The molecular formula is C19H22ClNO4. The largest absolute Gasteiger partial charge is 0.508 e. The molecule has 0 saturated heterocycles. The molecule has 0 aliphatic rings. The smallest absolute Gasteiger partial charge is 0.337 e. The highest BCUT2D eigenvalue weighted by molar-refractivity contribution is 6.31. The minimum absolute atomic E-state index is 0.0673. The molecule has 0 aliphatic carbocycles. The van der Waals surface area contributed by atoms with Crippen molar-refractivity contribution in [2.45, 2.75) is 25.5 Å². The van der Waals surface area contributed by atoms with Crippen molar-refractivity contribution in [1.29, 1.82) is 0 Å². The number of aliphatic hydroxyl groups is 1. The Labute approximate surface area is 152 Å². The topological polar surface area (TPSA) is 78.8 Å². The van der Waals surface area contributed by atoms with Crippen molar-refractivity contribution in [2.24, 2.45) is 0 Å². The maximum atomic E-state index is 11.4. The van der Waals surface area contributed by atoms with E-state index in [1.54, 1.807) is 18.2 Å². The summed E-state index contributed by atoms with van der Waals surface area (Å²) < 4.78 is 4.68. The van der Waals surface area contributed by atoms with Crippen molar-refractivity contribution >= 4 is 17.6 Å². The zero-order valence-electron chi connectivity index (χ0n) is 14.2. The summed E-state index contributed by atoms with van der Waals surface area (Å²) in [6.45, 7) is 2.35. The number of phenolic OH excluding ortho intramolecular Hbond substituents is 1. The number of aliphatic hydroxyl groups excluding tert-OH is 1. The monoisotopic (exact) mass is 363 g/mol. The van der Waals surface area contributed by atoms with Gasteiger partial charge in [0.2, 0.25) is 0 Å². The van der Waals surface area contributed by atoms with E-state index in [1.807, 2.05) is 19.1 Å². The van der Waals surface area contributed by atoms with Crippen LogP contribution in [-0.4, -0.2) is 35.9 Å². The Bertz CT molecular complexity index is 718. The summed E-state index contributed by atoms with van der Waals surface area (Å²) in [4.78, 5) is 11.4. The molecule has 6 heteroatoms. The van der Waals surface area contributed by atoms with Crippen molar-refractivity contribution in [3.05, 3.63) is 64.2 Å². The summed E-state index contributed by atoms with van der Waals surface area (Å²) in [6.07, 6.45) is -0.0189. The summed E-state index contributed by atoms with van der Waals surface area (Å²) in [6, 6.07) is 11.9. The lowest BCUT2D eigenvalue weighted by Gasteiger charge is -2.18. The number of methoxy groups -OCH3 is 1. The molecule has 5 nitrogen and oxygen atoms in total. The Morgan fingerprint density at radius 3 is 2.52 bits per heavy atom. The average molecular weight is 364 g/mol. The van der Waals surface area contributed by atoms with E-state index >= 15 is 0 Å². The number of phenols is 1. The van der Waals surface area contributed by atoms with Gasteiger partial charge in [-0.15, -0.1) is 0 Å². The molecule has 2 aromatic rings. The fourth-order valence-corrected chi connectivity index (χ4v) is 2.83. The number of halogens is 1. The predicted octanol–water partition coefficient (Wildman–Crippen LogP) is 3.09. The molecule has 2 unspecified atom stereocenters. The Kier molecular flexibility index (Phi) is 6.82. The summed E-state index contributed by atoms with van der Waals surface area (Å²) >= 11 is 6.04. The molecule has 0 bridgehead atoms. The van der Waals surface area contributed by atoms with Gasteiger partial charge >= 0.3 is 5.97 Å². The Morgan fingerprint density at radius 1 is 1.24 bits per heavy atom. The first-order chi connectivity index (χ1) is 11.9. The van der Waals surface area contributed by atoms with Crippen LogP contribution in [-0.2, 0) is 11.2 Å². The van der Waals surface area contributed by atoms with E-state index in [9.17, 15) is 15.0 Å². The number of hydrogen-bond acceptors (Lipinski definition) is 5. The van der Waals surface area contributed by atoms with Gasteiger partial charge in [-0.1, -0.05) is 29.8 Å². The van der Waals surface area contributed by atoms with Gasteiger partial charge in [-0.2, -0.15) is 0 Å². The van der Waals surface area contributed by atoms with Crippen LogP contribution < -0.4 is 5.32 Å². The van der Waals surface area contributed by atoms with E-state index in [2.05, 4.69) is 10.1 Å². The number of ether oxygens (including phenoxy) is 1. The maximum absolute atomic E-state index is 11.4. The van der Waals surface area contributed by atoms with Crippen molar-refractivity contribution in [3.63, 3.8) is 0 Å². The van der Waals surface area contributed by atoms with Crippen LogP contribution in [0.5, 0.6) is 5.75 Å². The van der Waals surface area contributed by atoms with Crippen molar-refractivity contribution in [1.82, 2.24) is 5.32 Å². The van der Waals surface area contributed by atoms with E-state index in [0.717, 1.165) is 12.0 Å². The molecule has 0 fully saturated rings. The molecule has 0 aliphatic heterocycles. The van der Waals surface area contributed by atoms with Gasteiger partial charge in [0.05, 0.1) is 23.8 Å². The minimum Gasteiger partial charge on any atom is -0.508 e. The average Bonchev–Trinajstić information content (AvgIpc) is 2.59. The highest BCUT2D eigenvalue weighted by Crippen LogP contribution is 2.26. The molecule has 0 saturated carbocycles. The zero-order chi connectivity index (χ0) is 18.4. The van der Waals surface area contributed by atoms with Gasteiger partial charge < -0.3 is 20.3 Å². The summed E-state index contributed by atoms with van der Waals surface area (Å²) in [7, 11) is 1.36. The molecular weight excluding hydrogens is 342 g/mol. The molecule has 0 spiro atoms. The van der Waals surface area contributed by atoms with E-state index in [-0.39, 0.29) is 17.8 Å². The van der Waals surface area contributed by atoms with Gasteiger partial charge in [0.15, 0.2) is 0 Å². The Hall–Kier alpha value is -2.08. The second kappa shape index (κ2) is 8.85. The number of nitrogens with one attached hydrogen (secondary N) is 1. The second-order valence-corrected chi connectivity index (χ2v) is 6.33. The molecule has 3 N–H and O–H groups in total. The fourth-order valence-electron chi connectivity index (χ4n) is 2.53. The van der Waals surface area contributed by atoms with Crippen molar-refractivity contribution < 1.29 is 19.7 Å². The minimum atomic E-state index is -0.766. The third kappa shape index (κ3) is 5.46. The summed E-state index contributed by atoms with van der Waals surface area (Å²) in [5.41, 5.74) is 2.16. The number of rotatable bonds is 7. The standard InChI is InChI=1S/C19H22ClNO4/c1-12(9-13-3-5-14(6-4-13)19(24)25-2)21-11-18(23)16-8-7-15(22)10-17(16)20/h3-8,10,12,18,21-23H,9,11H2,1-2H3. The van der Waals surface area contributed by atoms with Crippen LogP contribution in [0.2, 0.25) is 5.02 Å². The highest BCUT2D eigenvalue weighted by atomic mass is 35.5. The SMILES string of the molecule is COC(=O)c1ccc(CC(C)NCC(O)c2ccc(O)cc2Cl)cc1. The molecule has 2 atom stereocenters. The van der Waals surface area contributed by atoms with Crippen molar-refractivity contribution in [3.8, 4) is 5.75 Å². The fraction of sp³-hybridized carbons (Fsp3) is 0.316. The first kappa shape index (κ1) is 19.2. The van der Waals surface area contributed by atoms with Gasteiger partial charge in [0.25, 0.3) is 0 Å². The number of carbonyl (C=O) groups excluding carboxylic acids is 1. The van der Waals surface area contributed by atoms with Gasteiger partial charge in [0, 0.05) is 18.2 Å². The van der Waals surface area contributed by atoms with Gasteiger partial charge in [0.1, 0.15) is 5.75 Å². The molecule has 2 rings (SSSR count). The number of aromatic hydroxyl groups is 1. The lowest BCUT2D eigenvalue weighted by Crippen LogP contribution is -2.32. The molecule has 134 valence electrons. The van der Waals surface area contributed by atoms with Crippen LogP contribution in [0.1, 0.15) is 34.5 Å². The van der Waals surface area contributed by atoms with Gasteiger partial charge in [-0.25, -0.2) is 4.79 Å². The van der Waals surface area contributed by atoms with Gasteiger partial charge in [-0.05, 0) is 43.2 Å². The van der Waals surface area contributed by atoms with Crippen LogP contribution in [0.25, 0.3) is 0 Å². The quantitative estimate of drug-likeness (QED) is 0.659. The molecule has 0 aromatic heterocycles. The van der Waals surface area contributed by atoms with Gasteiger partial charge in [-0.3, -0.25) is 0 Å². The Balaban J connectivity index is 1.87. The number of hydrogen-bond donors (Lipinski definition) is 3. The first-order valence-corrected chi connectivity index (χ1v) is 8.35. The van der Waals surface area contributed by atoms with Crippen LogP contribution in [0.15, 0.2) is 42.5 Å². The Morgan fingerprint density at radius 2 is 1.92 bits per heavy atom. The van der Waals surface area contributed by atoms with E-state index < -0.39 is 6.10 Å². The first-order valence-electron chi connectivity index (χ1n) is 7.97. The molecule has 25 heavy (non-hydrogen) atoms. The lowest BCUT2D eigenvalue weighted by molar-refractivity contribution is 0.0600. The third-order valence-electron chi connectivity index (χ3n) is 3.92. The third-order valence-corrected chi connectivity index (χ3v) is 4.25. The highest BCUT2D eigenvalue weighted by Gasteiger charge is 2.14. The number of esters is 1. The van der Waals surface area contributed by atoms with Crippen molar-refractivity contribution in [2.75, 3.05) is 13.7 Å². The van der Waals surface area contributed by atoms with Crippen LogP contribution in [0.4, 0.5) is 0 Å². The van der Waals surface area contributed by atoms with Crippen LogP contribution >= 0.6 is 11.6 Å². The zero-order valence-corrected chi connectivity index (χ0v) is 15.0. The predicted molar refractivity (Wildman–Crippen MR) is 97.0 cm³/mol. The molecule has 0 heterocycles. The number of benzene rings is 2. The maximum Gasteiger partial charge on any atom is 0.337 e. The molecule has 0 radical (unpaired) electrons. The normalized spacial score (nSPS) is 13.3. The van der Waals surface area contributed by atoms with E-state index in [1.165, 1.54) is 19.2 Å². The molecule has 2 aromatic carbocycles. The van der Waals surface area contributed by atoms with E-state index in [4.69, 9.17) is 11.6 Å². The lowest BCUT2D eigenvalue weighted by atomic mass is 10.0. The molecule has 0 amide bonds. The summed E-state index contributed by atoms with van der Waals surface area (Å²) in [5.74, 6) is -0.288. The second-order valence-electron chi connectivity index (χ2n) is 5.92. The van der Waals surface area contributed by atoms with E-state index in [0.29, 0.717) is 22.7 Å². The summed E-state index contributed by atoms with van der Waals surface area (Å²) in [5, 5.41) is 23.2.